The van der Waals surface area contributed by atoms with Crippen molar-refractivity contribution in [3.8, 4) is 22.8 Å². The molecule has 2 amide bonds. The van der Waals surface area contributed by atoms with E-state index in [1.807, 2.05) is 30.3 Å². The van der Waals surface area contributed by atoms with Gasteiger partial charge < -0.3 is 19.9 Å². The number of furan rings is 1. The second kappa shape index (κ2) is 7.63. The number of benzene rings is 3. The summed E-state index contributed by atoms with van der Waals surface area (Å²) in [6.45, 7) is 0.303. The molecule has 158 valence electrons. The highest BCUT2D eigenvalue weighted by Gasteiger charge is 2.28. The smallest absolute Gasteiger partial charge is 0.260 e. The predicted octanol–water partition coefficient (Wildman–Crippen LogP) is 3.91. The highest BCUT2D eigenvalue weighted by molar-refractivity contribution is 6.31. The quantitative estimate of drug-likeness (QED) is 0.224. The van der Waals surface area contributed by atoms with Gasteiger partial charge in [-0.25, -0.2) is 0 Å². The molecule has 4 N–H and O–H groups in total. The lowest BCUT2D eigenvalue weighted by Crippen LogP contribution is -2.37. The Morgan fingerprint density at radius 1 is 0.875 bits per heavy atom. The molecule has 0 bridgehead atoms. The van der Waals surface area contributed by atoms with Crippen molar-refractivity contribution in [3.05, 3.63) is 89.6 Å². The maximum absolute atomic E-state index is 12.6. The summed E-state index contributed by atoms with van der Waals surface area (Å²) in [7, 11) is 0. The number of fused-ring (bicyclic) bond motifs is 2. The van der Waals surface area contributed by atoms with Crippen LogP contribution >= 0.6 is 0 Å². The van der Waals surface area contributed by atoms with Gasteiger partial charge in [-0.2, -0.15) is 0 Å². The number of carbonyl (C=O) groups is 2. The zero-order valence-electron chi connectivity index (χ0n) is 16.8. The average molecular weight is 426 g/mol. The zero-order valence-corrected chi connectivity index (χ0v) is 16.8. The van der Waals surface area contributed by atoms with Crippen LogP contribution in [0.3, 0.4) is 0 Å². The minimum Gasteiger partial charge on any atom is -0.504 e. The summed E-state index contributed by atoms with van der Waals surface area (Å²) in [5.74, 6) is -0.755. The van der Waals surface area contributed by atoms with Crippen molar-refractivity contribution in [2.75, 3.05) is 0 Å². The number of hydrogen-bond acceptors (Lipinski definition) is 6. The van der Waals surface area contributed by atoms with Gasteiger partial charge in [0.1, 0.15) is 11.3 Å². The Morgan fingerprint density at radius 3 is 2.53 bits per heavy atom. The Kier molecular flexibility index (Phi) is 4.63. The molecule has 1 aliphatic rings. The van der Waals surface area contributed by atoms with E-state index in [-0.39, 0.29) is 11.5 Å². The molecular formula is C25H18N2O5. The van der Waals surface area contributed by atoms with E-state index in [1.165, 1.54) is 18.3 Å². The van der Waals surface area contributed by atoms with E-state index >= 15 is 0 Å². The summed E-state index contributed by atoms with van der Waals surface area (Å²) >= 11 is 0. The number of phenols is 2. The number of hydrogen-bond donors (Lipinski definition) is 4. The SMILES string of the molecule is O=C1NC(=O)c2ccc(-c3cc4ccccc4o3)cc2C1=CNCc1ccc(O)c(O)c1. The minimum absolute atomic E-state index is 0.204. The van der Waals surface area contributed by atoms with Gasteiger partial charge in [-0.1, -0.05) is 30.3 Å². The first-order chi connectivity index (χ1) is 15.5. The van der Waals surface area contributed by atoms with Crippen molar-refractivity contribution in [2.24, 2.45) is 0 Å². The van der Waals surface area contributed by atoms with Gasteiger partial charge in [0.2, 0.25) is 0 Å². The number of rotatable bonds is 4. The van der Waals surface area contributed by atoms with E-state index in [2.05, 4.69) is 10.6 Å². The van der Waals surface area contributed by atoms with Gasteiger partial charge in [0.05, 0.1) is 5.57 Å². The second-order valence-electron chi connectivity index (χ2n) is 7.45. The Labute approximate surface area is 182 Å². The van der Waals surface area contributed by atoms with Gasteiger partial charge in [-0.3, -0.25) is 14.9 Å². The van der Waals surface area contributed by atoms with Crippen molar-refractivity contribution < 1.29 is 24.2 Å². The fourth-order valence-corrected chi connectivity index (χ4v) is 3.70. The van der Waals surface area contributed by atoms with E-state index in [0.29, 0.717) is 34.6 Å². The maximum Gasteiger partial charge on any atom is 0.260 e. The number of amides is 2. The number of nitrogens with one attached hydrogen (secondary N) is 2. The standard InChI is InChI=1S/C25H18N2O5/c28-20-8-5-14(9-21(20)29)12-26-13-19-18-10-16(6-7-17(18)24(30)27-25(19)31)23-11-15-3-1-2-4-22(15)32-23/h1-11,13,26,28-29H,12H2,(H,27,30,31). The third-order valence-corrected chi connectivity index (χ3v) is 5.33. The summed E-state index contributed by atoms with van der Waals surface area (Å²) in [4.78, 5) is 24.9. The molecule has 0 saturated carbocycles. The van der Waals surface area contributed by atoms with Crippen LogP contribution in [0.1, 0.15) is 21.5 Å². The molecule has 7 heteroatoms. The summed E-state index contributed by atoms with van der Waals surface area (Å²) < 4.78 is 5.93. The first-order valence-corrected chi connectivity index (χ1v) is 9.93. The topological polar surface area (TPSA) is 112 Å². The Balaban J connectivity index is 1.49. The van der Waals surface area contributed by atoms with Crippen LogP contribution in [0.5, 0.6) is 11.5 Å². The van der Waals surface area contributed by atoms with E-state index in [1.54, 1.807) is 24.3 Å². The molecule has 4 aromatic rings. The lowest BCUT2D eigenvalue weighted by molar-refractivity contribution is -0.114. The lowest BCUT2D eigenvalue weighted by atomic mass is 9.93. The molecule has 0 radical (unpaired) electrons. The molecule has 5 rings (SSSR count). The van der Waals surface area contributed by atoms with Crippen LogP contribution < -0.4 is 10.6 Å². The van der Waals surface area contributed by atoms with Gasteiger partial charge in [-0.05, 0) is 42.0 Å². The van der Waals surface area contributed by atoms with Crippen LogP contribution in [-0.4, -0.2) is 22.0 Å². The Morgan fingerprint density at radius 2 is 1.72 bits per heavy atom. The Bertz CT molecular complexity index is 1380. The van der Waals surface area contributed by atoms with Gasteiger partial charge in [0.25, 0.3) is 11.8 Å². The average Bonchev–Trinajstić information content (AvgIpc) is 3.22. The summed E-state index contributed by atoms with van der Waals surface area (Å²) in [5, 5.41) is 25.4. The molecule has 1 aliphatic heterocycles. The fourth-order valence-electron chi connectivity index (χ4n) is 3.70. The van der Waals surface area contributed by atoms with Crippen LogP contribution in [0.2, 0.25) is 0 Å². The molecule has 0 fully saturated rings. The van der Waals surface area contributed by atoms with Crippen LogP contribution in [0.4, 0.5) is 0 Å². The lowest BCUT2D eigenvalue weighted by Gasteiger charge is -2.19. The summed E-state index contributed by atoms with van der Waals surface area (Å²) in [6.07, 6.45) is 1.53. The summed E-state index contributed by atoms with van der Waals surface area (Å²) in [6, 6.07) is 19.3. The Hall–Kier alpha value is -4.52. The van der Waals surface area contributed by atoms with Gasteiger partial charge in [0.15, 0.2) is 11.5 Å². The van der Waals surface area contributed by atoms with Crippen LogP contribution in [-0.2, 0) is 11.3 Å². The van der Waals surface area contributed by atoms with Crippen LogP contribution in [0, 0.1) is 0 Å². The van der Waals surface area contributed by atoms with Crippen molar-refractivity contribution >= 4 is 28.4 Å². The molecule has 32 heavy (non-hydrogen) atoms. The second-order valence-corrected chi connectivity index (χ2v) is 7.45. The minimum atomic E-state index is -0.509. The molecule has 0 spiro atoms. The third kappa shape index (κ3) is 3.45. The predicted molar refractivity (Wildman–Crippen MR) is 119 cm³/mol. The first-order valence-electron chi connectivity index (χ1n) is 9.93. The number of phenolic OH excluding ortho intramolecular Hbond substituents is 2. The van der Waals surface area contributed by atoms with Gasteiger partial charge >= 0.3 is 0 Å². The first kappa shape index (κ1) is 19.4. The molecule has 1 aromatic heterocycles. The normalized spacial score (nSPS) is 14.4. The molecule has 0 saturated heterocycles. The van der Waals surface area contributed by atoms with Gasteiger partial charge in [0, 0.05) is 34.8 Å². The van der Waals surface area contributed by atoms with E-state index in [4.69, 9.17) is 4.42 Å². The molecular weight excluding hydrogens is 408 g/mol. The van der Waals surface area contributed by atoms with Crippen molar-refractivity contribution in [2.45, 2.75) is 6.54 Å². The number of aromatic hydroxyl groups is 2. The number of para-hydroxylation sites is 1. The van der Waals surface area contributed by atoms with Crippen molar-refractivity contribution in [3.63, 3.8) is 0 Å². The highest BCUT2D eigenvalue weighted by Crippen LogP contribution is 2.32. The molecule has 3 aromatic carbocycles. The van der Waals surface area contributed by atoms with E-state index < -0.39 is 11.8 Å². The van der Waals surface area contributed by atoms with Crippen LogP contribution in [0.25, 0.3) is 27.9 Å². The molecule has 7 nitrogen and oxygen atoms in total. The van der Waals surface area contributed by atoms with Crippen molar-refractivity contribution in [1.29, 1.82) is 0 Å². The molecule has 0 atom stereocenters. The van der Waals surface area contributed by atoms with Crippen LogP contribution in [0.15, 0.2) is 77.3 Å². The van der Waals surface area contributed by atoms with Crippen molar-refractivity contribution in [1.82, 2.24) is 10.6 Å². The summed E-state index contributed by atoms with van der Waals surface area (Å²) in [5.41, 5.74) is 3.40. The number of imide groups is 1. The van der Waals surface area contributed by atoms with E-state index in [0.717, 1.165) is 16.5 Å². The monoisotopic (exact) mass is 426 g/mol. The van der Waals surface area contributed by atoms with E-state index in [9.17, 15) is 19.8 Å². The molecule has 0 aliphatic carbocycles. The highest BCUT2D eigenvalue weighted by atomic mass is 16.3. The molecule has 2 heterocycles. The third-order valence-electron chi connectivity index (χ3n) is 5.33. The number of carbonyl (C=O) groups excluding carboxylic acids is 2. The zero-order chi connectivity index (χ0) is 22.2. The largest absolute Gasteiger partial charge is 0.504 e. The van der Waals surface area contributed by atoms with Gasteiger partial charge in [-0.15, -0.1) is 0 Å². The maximum atomic E-state index is 12.6. The fraction of sp³-hybridized carbons (Fsp3) is 0.0400. The molecule has 0 unspecified atom stereocenters.